The number of ether oxygens (including phenoxy) is 2. The van der Waals surface area contributed by atoms with Crippen molar-refractivity contribution >= 4 is 11.8 Å². The van der Waals surface area contributed by atoms with Gasteiger partial charge in [-0.2, -0.15) is 26.3 Å². The van der Waals surface area contributed by atoms with Gasteiger partial charge in [0.25, 0.3) is 11.8 Å². The number of rotatable bonds is 6. The summed E-state index contributed by atoms with van der Waals surface area (Å²) in [5, 5.41) is 0. The molecule has 0 aliphatic carbocycles. The van der Waals surface area contributed by atoms with Gasteiger partial charge in [0, 0.05) is 5.56 Å². The lowest BCUT2D eigenvalue weighted by atomic mass is 10.1. The van der Waals surface area contributed by atoms with E-state index < -0.39 is 60.3 Å². The van der Waals surface area contributed by atoms with Crippen LogP contribution in [0.15, 0.2) is 42.5 Å². The highest BCUT2D eigenvalue weighted by molar-refractivity contribution is 6.00. The van der Waals surface area contributed by atoms with E-state index in [2.05, 4.69) is 9.47 Å². The van der Waals surface area contributed by atoms with Crippen LogP contribution in [0.4, 0.5) is 30.7 Å². The second-order valence-electron chi connectivity index (χ2n) is 5.88. The number of carbonyl (C=O) groups is 2. The van der Waals surface area contributed by atoms with Crippen LogP contribution in [0.2, 0.25) is 0 Å². The number of nitrogens with one attached hydrogen (secondary N) is 2. The van der Waals surface area contributed by atoms with Gasteiger partial charge in [-0.1, -0.05) is 0 Å². The highest BCUT2D eigenvalue weighted by atomic mass is 19.4. The Balaban J connectivity index is 2.16. The van der Waals surface area contributed by atoms with Crippen molar-refractivity contribution in [2.45, 2.75) is 12.4 Å². The van der Waals surface area contributed by atoms with Crippen LogP contribution >= 0.6 is 0 Å². The fourth-order valence-corrected chi connectivity index (χ4v) is 2.08. The Bertz CT molecular complexity index is 928. The van der Waals surface area contributed by atoms with Gasteiger partial charge in [-0.3, -0.25) is 20.4 Å². The zero-order chi connectivity index (χ0) is 23.2. The van der Waals surface area contributed by atoms with Gasteiger partial charge in [0.15, 0.2) is 13.2 Å². The fourth-order valence-electron chi connectivity index (χ4n) is 2.08. The molecule has 13 heteroatoms. The van der Waals surface area contributed by atoms with Crippen molar-refractivity contribution in [3.63, 3.8) is 0 Å². The third-order valence-electron chi connectivity index (χ3n) is 3.39. The molecule has 0 saturated heterocycles. The molecule has 0 atom stereocenters. The minimum Gasteiger partial charge on any atom is -0.484 e. The summed E-state index contributed by atoms with van der Waals surface area (Å²) in [5.74, 6) is -3.82. The number of benzene rings is 2. The number of hydrogen-bond acceptors (Lipinski definition) is 4. The SMILES string of the molecule is O=C(NNC(=O)c1cc(OCC(F)(F)F)ccc1OCC(F)(F)F)c1ccc(F)cc1. The summed E-state index contributed by atoms with van der Waals surface area (Å²) in [4.78, 5) is 24.2. The molecular formula is C18H13F7N2O4. The van der Waals surface area contributed by atoms with Crippen LogP contribution in [0.1, 0.15) is 20.7 Å². The monoisotopic (exact) mass is 454 g/mol. The second-order valence-corrected chi connectivity index (χ2v) is 5.88. The summed E-state index contributed by atoms with van der Waals surface area (Å²) >= 11 is 0. The standard InChI is InChI=1S/C18H13F7N2O4/c19-11-3-1-10(2-4-11)15(28)26-27-16(29)13-7-12(30-8-17(20,21)22)5-6-14(13)31-9-18(23,24)25/h1-7H,8-9H2,(H,26,28)(H,27,29). The van der Waals surface area contributed by atoms with Crippen LogP contribution in [0.25, 0.3) is 0 Å². The van der Waals surface area contributed by atoms with Crippen molar-refractivity contribution in [1.82, 2.24) is 10.9 Å². The maximum atomic E-state index is 12.9. The van der Waals surface area contributed by atoms with Gasteiger partial charge < -0.3 is 9.47 Å². The first kappa shape index (κ1) is 23.8. The van der Waals surface area contributed by atoms with Crippen LogP contribution in [0.5, 0.6) is 11.5 Å². The smallest absolute Gasteiger partial charge is 0.422 e. The number of hydrogen-bond donors (Lipinski definition) is 2. The lowest BCUT2D eigenvalue weighted by Gasteiger charge is -2.15. The van der Waals surface area contributed by atoms with Crippen molar-refractivity contribution in [3.05, 3.63) is 59.4 Å². The molecule has 2 rings (SSSR count). The molecule has 0 heterocycles. The molecule has 0 spiro atoms. The van der Waals surface area contributed by atoms with E-state index in [1.165, 1.54) is 0 Å². The molecular weight excluding hydrogens is 441 g/mol. The minimum absolute atomic E-state index is 0.0579. The summed E-state index contributed by atoms with van der Waals surface area (Å²) in [6.07, 6.45) is -9.45. The number of amides is 2. The first-order chi connectivity index (χ1) is 14.3. The molecule has 2 amide bonds. The lowest BCUT2D eigenvalue weighted by molar-refractivity contribution is -0.154. The molecule has 0 saturated carbocycles. The highest BCUT2D eigenvalue weighted by Crippen LogP contribution is 2.27. The summed E-state index contributed by atoms with van der Waals surface area (Å²) in [6.45, 7) is -3.49. The van der Waals surface area contributed by atoms with Crippen LogP contribution in [0, 0.1) is 5.82 Å². The number of carbonyl (C=O) groups excluding carboxylic acids is 2. The number of alkyl halides is 6. The topological polar surface area (TPSA) is 76.7 Å². The van der Waals surface area contributed by atoms with Crippen molar-refractivity contribution in [3.8, 4) is 11.5 Å². The quantitative estimate of drug-likeness (QED) is 0.515. The summed E-state index contributed by atoms with van der Waals surface area (Å²) in [5.41, 5.74) is 3.12. The van der Waals surface area contributed by atoms with Gasteiger partial charge in [0.05, 0.1) is 5.56 Å². The van der Waals surface area contributed by atoms with Gasteiger partial charge in [-0.25, -0.2) is 4.39 Å². The Morgan fingerprint density at radius 3 is 1.90 bits per heavy atom. The molecule has 0 fully saturated rings. The molecule has 2 aromatic carbocycles. The van der Waals surface area contributed by atoms with Crippen molar-refractivity contribution in [2.24, 2.45) is 0 Å². The van der Waals surface area contributed by atoms with Gasteiger partial charge in [-0.05, 0) is 42.5 Å². The van der Waals surface area contributed by atoms with Gasteiger partial charge in [-0.15, -0.1) is 0 Å². The Labute approximate surface area is 169 Å². The fraction of sp³-hybridized carbons (Fsp3) is 0.222. The van der Waals surface area contributed by atoms with Gasteiger partial charge >= 0.3 is 12.4 Å². The second kappa shape index (κ2) is 9.53. The Kier molecular flexibility index (Phi) is 7.31. The molecule has 0 unspecified atom stereocenters. The Morgan fingerprint density at radius 2 is 1.32 bits per heavy atom. The zero-order valence-corrected chi connectivity index (χ0v) is 15.2. The molecule has 0 radical (unpaired) electrons. The van der Waals surface area contributed by atoms with E-state index in [0.29, 0.717) is 0 Å². The molecule has 0 aromatic heterocycles. The van der Waals surface area contributed by atoms with Crippen molar-refractivity contribution < 1.29 is 49.8 Å². The van der Waals surface area contributed by atoms with Gasteiger partial charge in [0.2, 0.25) is 0 Å². The van der Waals surface area contributed by atoms with Crippen LogP contribution < -0.4 is 20.3 Å². The molecule has 2 aromatic rings. The van der Waals surface area contributed by atoms with Crippen LogP contribution in [-0.4, -0.2) is 37.4 Å². The van der Waals surface area contributed by atoms with E-state index in [9.17, 15) is 40.3 Å². The molecule has 0 aliphatic heterocycles. The average molecular weight is 454 g/mol. The van der Waals surface area contributed by atoms with E-state index in [4.69, 9.17) is 0 Å². The summed E-state index contributed by atoms with van der Waals surface area (Å²) < 4.78 is 96.0. The van der Waals surface area contributed by atoms with Gasteiger partial charge in [0.1, 0.15) is 17.3 Å². The molecule has 168 valence electrons. The molecule has 31 heavy (non-hydrogen) atoms. The van der Waals surface area contributed by atoms with Crippen LogP contribution in [0.3, 0.4) is 0 Å². The number of hydrazine groups is 1. The third-order valence-corrected chi connectivity index (χ3v) is 3.39. The lowest BCUT2D eigenvalue weighted by Crippen LogP contribution is -2.41. The van der Waals surface area contributed by atoms with E-state index in [1.807, 2.05) is 10.9 Å². The van der Waals surface area contributed by atoms with E-state index in [-0.39, 0.29) is 5.56 Å². The van der Waals surface area contributed by atoms with E-state index in [1.54, 1.807) is 0 Å². The summed E-state index contributed by atoms with van der Waals surface area (Å²) in [7, 11) is 0. The van der Waals surface area contributed by atoms with Crippen LogP contribution in [-0.2, 0) is 0 Å². The Morgan fingerprint density at radius 1 is 0.774 bits per heavy atom. The first-order valence-corrected chi connectivity index (χ1v) is 8.23. The van der Waals surface area contributed by atoms with E-state index >= 15 is 0 Å². The molecule has 2 N–H and O–H groups in total. The maximum absolute atomic E-state index is 12.9. The predicted molar refractivity (Wildman–Crippen MR) is 90.9 cm³/mol. The van der Waals surface area contributed by atoms with Crippen molar-refractivity contribution in [2.75, 3.05) is 13.2 Å². The maximum Gasteiger partial charge on any atom is 0.422 e. The number of halogens is 7. The third kappa shape index (κ3) is 8.03. The average Bonchev–Trinajstić information content (AvgIpc) is 2.68. The Hall–Kier alpha value is -3.51. The highest BCUT2D eigenvalue weighted by Gasteiger charge is 2.30. The predicted octanol–water partition coefficient (Wildman–Crippen LogP) is 3.78. The largest absolute Gasteiger partial charge is 0.484 e. The first-order valence-electron chi connectivity index (χ1n) is 8.23. The summed E-state index contributed by atoms with van der Waals surface area (Å²) in [6, 6.07) is 6.56. The zero-order valence-electron chi connectivity index (χ0n) is 15.2. The van der Waals surface area contributed by atoms with Crippen molar-refractivity contribution in [1.29, 1.82) is 0 Å². The normalized spacial score (nSPS) is 11.6. The minimum atomic E-state index is -4.75. The molecule has 0 bridgehead atoms. The molecule has 0 aliphatic rings. The molecule has 6 nitrogen and oxygen atoms in total. The van der Waals surface area contributed by atoms with E-state index in [0.717, 1.165) is 42.5 Å².